The van der Waals surface area contributed by atoms with Gasteiger partial charge in [-0.3, -0.25) is 0 Å². The summed E-state index contributed by atoms with van der Waals surface area (Å²) in [6, 6.07) is 0. The summed E-state index contributed by atoms with van der Waals surface area (Å²) in [5, 5.41) is 28.7. The van der Waals surface area contributed by atoms with Crippen molar-refractivity contribution in [1.82, 2.24) is 0 Å². The van der Waals surface area contributed by atoms with Gasteiger partial charge in [-0.2, -0.15) is 0 Å². The molecule has 3 N–H and O–H groups in total. The number of carboxylic acid groups (broad SMARTS) is 1. The molecule has 0 saturated heterocycles. The molecule has 1 aliphatic carbocycles. The summed E-state index contributed by atoms with van der Waals surface area (Å²) in [6.07, 6.45) is 7.12. The first-order chi connectivity index (χ1) is 8.71. The van der Waals surface area contributed by atoms with Gasteiger partial charge in [0.15, 0.2) is 0 Å². The number of carboxylic acids is 1. The van der Waals surface area contributed by atoms with Crippen molar-refractivity contribution >= 4 is 5.97 Å². The number of aliphatic hydroxyl groups excluding tert-OH is 1. The second-order valence-electron chi connectivity index (χ2n) is 6.17. The molecule has 4 nitrogen and oxygen atoms in total. The van der Waals surface area contributed by atoms with Gasteiger partial charge < -0.3 is 15.3 Å². The molecule has 0 radical (unpaired) electrons. The number of hydrogen-bond acceptors (Lipinski definition) is 3. The molecular formula is C15H24O4. The normalized spacial score (nSPS) is 31.6. The first-order valence-electron chi connectivity index (χ1n) is 6.64. The summed E-state index contributed by atoms with van der Waals surface area (Å²) < 4.78 is 0. The standard InChI is InChI=1S/C15H24O4/c1-11(9-13(17)18)5-6-12-14(2,3)7-4-8-15(12,19)10-16/h5-6,9,12,16,19H,4,7-8,10H2,1-3H3,(H,17,18). The van der Waals surface area contributed by atoms with Crippen LogP contribution in [-0.4, -0.2) is 33.5 Å². The van der Waals surface area contributed by atoms with Crippen molar-refractivity contribution in [2.24, 2.45) is 11.3 Å². The van der Waals surface area contributed by atoms with Crippen molar-refractivity contribution in [3.05, 3.63) is 23.8 Å². The summed E-state index contributed by atoms with van der Waals surface area (Å²) in [5.41, 5.74) is -0.605. The molecule has 0 aromatic heterocycles. The molecule has 19 heavy (non-hydrogen) atoms. The third kappa shape index (κ3) is 3.91. The molecule has 1 fully saturated rings. The lowest BCUT2D eigenvalue weighted by molar-refractivity contribution is -0.131. The average Bonchev–Trinajstić information content (AvgIpc) is 2.26. The molecule has 4 heteroatoms. The van der Waals surface area contributed by atoms with Crippen molar-refractivity contribution in [2.75, 3.05) is 6.61 Å². The zero-order chi connectivity index (χ0) is 14.7. The van der Waals surface area contributed by atoms with E-state index in [0.29, 0.717) is 12.0 Å². The maximum atomic E-state index is 10.6. The Morgan fingerprint density at radius 3 is 2.53 bits per heavy atom. The highest BCUT2D eigenvalue weighted by Crippen LogP contribution is 2.46. The second-order valence-corrected chi connectivity index (χ2v) is 6.17. The smallest absolute Gasteiger partial charge is 0.328 e. The van der Waals surface area contributed by atoms with E-state index in [1.54, 1.807) is 13.0 Å². The second kappa shape index (κ2) is 5.88. The van der Waals surface area contributed by atoms with Gasteiger partial charge in [0.1, 0.15) is 0 Å². The lowest BCUT2D eigenvalue weighted by Crippen LogP contribution is -2.50. The molecule has 0 amide bonds. The predicted molar refractivity (Wildman–Crippen MR) is 73.7 cm³/mol. The van der Waals surface area contributed by atoms with E-state index in [-0.39, 0.29) is 17.9 Å². The van der Waals surface area contributed by atoms with E-state index in [2.05, 4.69) is 13.8 Å². The number of allylic oxidation sites excluding steroid dienone is 2. The topological polar surface area (TPSA) is 77.8 Å². The van der Waals surface area contributed by atoms with E-state index in [1.165, 1.54) is 0 Å². The molecule has 2 atom stereocenters. The molecule has 108 valence electrons. The Hall–Kier alpha value is -1.13. The maximum Gasteiger partial charge on any atom is 0.328 e. The molecule has 0 aromatic carbocycles. The minimum absolute atomic E-state index is 0.115. The Bertz CT molecular complexity index is 395. The monoisotopic (exact) mass is 268 g/mol. The van der Waals surface area contributed by atoms with Crippen LogP contribution in [0.25, 0.3) is 0 Å². The van der Waals surface area contributed by atoms with Crippen LogP contribution in [0.1, 0.15) is 40.0 Å². The Balaban J connectivity index is 2.98. The van der Waals surface area contributed by atoms with Gasteiger partial charge in [0.2, 0.25) is 0 Å². The van der Waals surface area contributed by atoms with Crippen LogP contribution in [0.2, 0.25) is 0 Å². The van der Waals surface area contributed by atoms with E-state index in [1.807, 2.05) is 6.08 Å². The molecule has 1 rings (SSSR count). The molecule has 0 spiro atoms. The molecule has 0 aromatic rings. The summed E-state index contributed by atoms with van der Waals surface area (Å²) >= 11 is 0. The van der Waals surface area contributed by atoms with Gasteiger partial charge in [0, 0.05) is 12.0 Å². The fraction of sp³-hybridized carbons (Fsp3) is 0.667. The van der Waals surface area contributed by atoms with E-state index in [0.717, 1.165) is 18.9 Å². The third-order valence-electron chi connectivity index (χ3n) is 4.03. The van der Waals surface area contributed by atoms with Crippen LogP contribution in [0.15, 0.2) is 23.8 Å². The van der Waals surface area contributed by atoms with Gasteiger partial charge in [0.25, 0.3) is 0 Å². The minimum Gasteiger partial charge on any atom is -0.478 e. The Kier molecular flexibility index (Phi) is 4.93. The summed E-state index contributed by atoms with van der Waals surface area (Å²) in [4.78, 5) is 10.6. The highest BCUT2D eigenvalue weighted by atomic mass is 16.4. The molecule has 0 aliphatic heterocycles. The number of hydrogen-bond donors (Lipinski definition) is 3. The van der Waals surface area contributed by atoms with E-state index in [4.69, 9.17) is 5.11 Å². The van der Waals surface area contributed by atoms with Gasteiger partial charge >= 0.3 is 5.97 Å². The highest BCUT2D eigenvalue weighted by molar-refractivity contribution is 5.81. The van der Waals surface area contributed by atoms with Crippen LogP contribution in [0.4, 0.5) is 0 Å². The van der Waals surface area contributed by atoms with Crippen LogP contribution in [-0.2, 0) is 4.79 Å². The average molecular weight is 268 g/mol. The van der Waals surface area contributed by atoms with Gasteiger partial charge in [-0.15, -0.1) is 0 Å². The molecule has 1 saturated carbocycles. The fourth-order valence-corrected chi connectivity index (χ4v) is 3.00. The van der Waals surface area contributed by atoms with E-state index >= 15 is 0 Å². The Morgan fingerprint density at radius 1 is 1.37 bits per heavy atom. The molecule has 2 unspecified atom stereocenters. The van der Waals surface area contributed by atoms with Crippen LogP contribution < -0.4 is 0 Å². The summed E-state index contributed by atoms with van der Waals surface area (Å²) in [5.74, 6) is -1.17. The quantitative estimate of drug-likeness (QED) is 0.539. The largest absolute Gasteiger partial charge is 0.478 e. The van der Waals surface area contributed by atoms with Crippen LogP contribution in [0, 0.1) is 11.3 Å². The number of carbonyl (C=O) groups is 1. The molecule has 0 heterocycles. The SMILES string of the molecule is CC(C=CC1C(C)(C)CCCC1(O)CO)=CC(=O)O. The first-order valence-corrected chi connectivity index (χ1v) is 6.64. The fourth-order valence-electron chi connectivity index (χ4n) is 3.00. The Labute approximate surface area is 114 Å². The van der Waals surface area contributed by atoms with Gasteiger partial charge in [-0.05, 0) is 37.2 Å². The highest BCUT2D eigenvalue weighted by Gasteiger charge is 2.46. The number of aliphatic carboxylic acids is 1. The molecule has 1 aliphatic rings. The van der Waals surface area contributed by atoms with Crippen molar-refractivity contribution in [1.29, 1.82) is 0 Å². The van der Waals surface area contributed by atoms with Gasteiger partial charge in [-0.1, -0.05) is 26.0 Å². The van der Waals surface area contributed by atoms with Gasteiger partial charge in [0.05, 0.1) is 12.2 Å². The van der Waals surface area contributed by atoms with Crippen LogP contribution >= 0.6 is 0 Å². The first kappa shape index (κ1) is 15.9. The lowest BCUT2D eigenvalue weighted by Gasteiger charge is -2.47. The van der Waals surface area contributed by atoms with E-state index < -0.39 is 11.6 Å². The summed E-state index contributed by atoms with van der Waals surface area (Å²) in [7, 11) is 0. The lowest BCUT2D eigenvalue weighted by atomic mass is 9.61. The van der Waals surface area contributed by atoms with Crippen LogP contribution in [0.3, 0.4) is 0 Å². The summed E-state index contributed by atoms with van der Waals surface area (Å²) in [6.45, 7) is 5.57. The Morgan fingerprint density at radius 2 is 2.00 bits per heavy atom. The molecule has 0 bridgehead atoms. The number of rotatable bonds is 4. The van der Waals surface area contributed by atoms with Crippen molar-refractivity contribution in [3.63, 3.8) is 0 Å². The van der Waals surface area contributed by atoms with Crippen molar-refractivity contribution in [2.45, 2.75) is 45.6 Å². The maximum absolute atomic E-state index is 10.6. The predicted octanol–water partition coefficient (Wildman–Crippen LogP) is 2.12. The van der Waals surface area contributed by atoms with Gasteiger partial charge in [-0.25, -0.2) is 4.79 Å². The molecular weight excluding hydrogens is 244 g/mol. The number of aliphatic hydroxyl groups is 2. The van der Waals surface area contributed by atoms with Crippen molar-refractivity contribution < 1.29 is 20.1 Å². The van der Waals surface area contributed by atoms with Crippen LogP contribution in [0.5, 0.6) is 0 Å². The third-order valence-corrected chi connectivity index (χ3v) is 4.03. The minimum atomic E-state index is -1.11. The zero-order valence-electron chi connectivity index (χ0n) is 11.9. The zero-order valence-corrected chi connectivity index (χ0v) is 11.9. The van der Waals surface area contributed by atoms with Crippen molar-refractivity contribution in [3.8, 4) is 0 Å². The van der Waals surface area contributed by atoms with E-state index in [9.17, 15) is 15.0 Å².